The third-order valence-corrected chi connectivity index (χ3v) is 3.67. The second-order valence-electron chi connectivity index (χ2n) is 5.77. The van der Waals surface area contributed by atoms with E-state index in [0.717, 1.165) is 0 Å². The second-order valence-corrected chi connectivity index (χ2v) is 5.77. The van der Waals surface area contributed by atoms with E-state index in [9.17, 15) is 18.0 Å². The summed E-state index contributed by atoms with van der Waals surface area (Å²) in [5, 5.41) is 11.2. The largest absolute Gasteiger partial charge is 0.573 e. The summed E-state index contributed by atoms with van der Waals surface area (Å²) in [6.45, 7) is -0.383. The first kappa shape index (κ1) is 20.2. The molecule has 0 fully saturated rings. The third kappa shape index (κ3) is 5.72. The average molecular weight is 407 g/mol. The Morgan fingerprint density at radius 2 is 1.90 bits per heavy atom. The van der Waals surface area contributed by atoms with Crippen molar-refractivity contribution >= 4 is 11.8 Å². The summed E-state index contributed by atoms with van der Waals surface area (Å²) < 4.78 is 45.3. The highest BCUT2D eigenvalue weighted by molar-refractivity contribution is 5.85. The summed E-state index contributed by atoms with van der Waals surface area (Å²) in [7, 11) is 0. The number of aliphatic hydroxyl groups is 1. The summed E-state index contributed by atoms with van der Waals surface area (Å²) in [6.07, 6.45) is -3.83. The van der Waals surface area contributed by atoms with Gasteiger partial charge in [-0.3, -0.25) is 5.32 Å². The number of aliphatic hydroxyl groups excluding tert-OH is 1. The first-order valence-electron chi connectivity index (χ1n) is 8.41. The number of nitrogens with zero attached hydrogens (tertiary/aromatic N) is 1. The van der Waals surface area contributed by atoms with Crippen LogP contribution in [-0.4, -0.2) is 40.7 Å². The minimum Gasteiger partial charge on any atom is -0.447 e. The summed E-state index contributed by atoms with van der Waals surface area (Å²) in [4.78, 5) is 19.0. The average Bonchev–Trinajstić information content (AvgIpc) is 3.16. The predicted molar refractivity (Wildman–Crippen MR) is 98.2 cm³/mol. The number of alkyl halides is 3. The van der Waals surface area contributed by atoms with Crippen molar-refractivity contribution in [1.29, 1.82) is 0 Å². The lowest BCUT2D eigenvalue weighted by Gasteiger charge is -2.08. The molecule has 1 heterocycles. The van der Waals surface area contributed by atoms with Crippen molar-refractivity contribution in [2.45, 2.75) is 6.36 Å². The van der Waals surface area contributed by atoms with Crippen LogP contribution in [-0.2, 0) is 4.74 Å². The Bertz CT molecular complexity index is 971. The van der Waals surface area contributed by atoms with Crippen LogP contribution in [0.15, 0.2) is 54.7 Å². The van der Waals surface area contributed by atoms with Gasteiger partial charge in [0.2, 0.25) is 0 Å². The molecule has 0 aliphatic rings. The Morgan fingerprint density at radius 3 is 2.59 bits per heavy atom. The molecule has 0 aliphatic heterocycles. The van der Waals surface area contributed by atoms with Gasteiger partial charge < -0.3 is 19.6 Å². The summed E-state index contributed by atoms with van der Waals surface area (Å²) in [6, 6.07) is 12.2. The maximum atomic E-state index is 12.2. The Morgan fingerprint density at radius 1 is 1.14 bits per heavy atom. The molecular formula is C19H16F3N3O4. The Hall–Kier alpha value is -3.53. The molecule has 29 heavy (non-hydrogen) atoms. The zero-order valence-corrected chi connectivity index (χ0v) is 14.9. The fourth-order valence-electron chi connectivity index (χ4n) is 2.48. The van der Waals surface area contributed by atoms with E-state index in [4.69, 9.17) is 9.84 Å². The zero-order valence-electron chi connectivity index (χ0n) is 14.9. The first-order valence-corrected chi connectivity index (χ1v) is 8.41. The molecule has 7 nitrogen and oxygen atoms in total. The number of ether oxygens (including phenoxy) is 2. The normalized spacial score (nSPS) is 11.2. The van der Waals surface area contributed by atoms with E-state index in [-0.39, 0.29) is 19.0 Å². The lowest BCUT2D eigenvalue weighted by atomic mass is 10.1. The van der Waals surface area contributed by atoms with E-state index >= 15 is 0 Å². The SMILES string of the molecule is O=C(Nc1cccc(-c2nc(-c3ccc(OC(F)(F)F)cc3)c[nH]2)c1)OCCO. The lowest BCUT2D eigenvalue weighted by Crippen LogP contribution is -2.16. The second kappa shape index (κ2) is 8.65. The van der Waals surface area contributed by atoms with Crippen LogP contribution in [0.25, 0.3) is 22.6 Å². The standard InChI is InChI=1S/C19H16F3N3O4/c20-19(21,22)29-15-6-4-12(5-7-15)16-11-23-17(25-16)13-2-1-3-14(10-13)24-18(27)28-9-8-26/h1-7,10-11,26H,8-9H2,(H,23,25)(H,24,27). The molecule has 1 amide bonds. The molecule has 1 aromatic heterocycles. The van der Waals surface area contributed by atoms with Crippen LogP contribution in [0.2, 0.25) is 0 Å². The van der Waals surface area contributed by atoms with E-state index in [1.54, 1.807) is 30.5 Å². The van der Waals surface area contributed by atoms with Crippen LogP contribution in [0, 0.1) is 0 Å². The number of anilines is 1. The number of carbonyl (C=O) groups is 1. The molecule has 0 aliphatic carbocycles. The molecule has 10 heteroatoms. The van der Waals surface area contributed by atoms with E-state index in [1.165, 1.54) is 24.3 Å². The van der Waals surface area contributed by atoms with E-state index < -0.39 is 12.5 Å². The van der Waals surface area contributed by atoms with Gasteiger partial charge in [-0.05, 0) is 36.4 Å². The van der Waals surface area contributed by atoms with Gasteiger partial charge in [-0.25, -0.2) is 9.78 Å². The molecule has 3 aromatic rings. The van der Waals surface area contributed by atoms with Gasteiger partial charge in [-0.2, -0.15) is 0 Å². The number of imidazole rings is 1. The monoisotopic (exact) mass is 407 g/mol. The Labute approximate surface area is 163 Å². The molecule has 0 unspecified atom stereocenters. The van der Waals surface area contributed by atoms with E-state index in [0.29, 0.717) is 28.3 Å². The number of rotatable bonds is 6. The van der Waals surface area contributed by atoms with Crippen LogP contribution < -0.4 is 10.1 Å². The van der Waals surface area contributed by atoms with Gasteiger partial charge in [0.05, 0.1) is 12.3 Å². The van der Waals surface area contributed by atoms with E-state index in [2.05, 4.69) is 20.0 Å². The van der Waals surface area contributed by atoms with Crippen molar-refractivity contribution in [3.05, 3.63) is 54.7 Å². The van der Waals surface area contributed by atoms with Crippen molar-refractivity contribution in [2.75, 3.05) is 18.5 Å². The van der Waals surface area contributed by atoms with Crippen molar-refractivity contribution in [2.24, 2.45) is 0 Å². The van der Waals surface area contributed by atoms with Crippen LogP contribution in [0.4, 0.5) is 23.7 Å². The first-order chi connectivity index (χ1) is 13.8. The molecule has 0 atom stereocenters. The third-order valence-electron chi connectivity index (χ3n) is 3.67. The van der Waals surface area contributed by atoms with Crippen molar-refractivity contribution in [1.82, 2.24) is 9.97 Å². The quantitative estimate of drug-likeness (QED) is 0.570. The number of aromatic nitrogens is 2. The van der Waals surface area contributed by atoms with Crippen LogP contribution in [0.5, 0.6) is 5.75 Å². The fourth-order valence-corrected chi connectivity index (χ4v) is 2.48. The van der Waals surface area contributed by atoms with Gasteiger partial charge in [-0.15, -0.1) is 13.2 Å². The number of aromatic amines is 1. The number of amides is 1. The molecule has 2 aromatic carbocycles. The maximum Gasteiger partial charge on any atom is 0.573 e. The van der Waals surface area contributed by atoms with E-state index in [1.807, 2.05) is 0 Å². The number of carbonyl (C=O) groups excluding carboxylic acids is 1. The molecule has 3 rings (SSSR count). The van der Waals surface area contributed by atoms with Gasteiger partial charge in [0, 0.05) is 23.0 Å². The van der Waals surface area contributed by atoms with Gasteiger partial charge in [0.1, 0.15) is 18.2 Å². The summed E-state index contributed by atoms with van der Waals surface area (Å²) >= 11 is 0. The zero-order chi connectivity index (χ0) is 20.9. The molecule has 0 saturated heterocycles. The van der Waals surface area contributed by atoms with Crippen molar-refractivity contribution < 1.29 is 32.5 Å². The topological polar surface area (TPSA) is 96.5 Å². The Balaban J connectivity index is 1.73. The molecule has 0 bridgehead atoms. The van der Waals surface area contributed by atoms with Gasteiger partial charge >= 0.3 is 12.5 Å². The number of hydrogen-bond acceptors (Lipinski definition) is 5. The lowest BCUT2D eigenvalue weighted by molar-refractivity contribution is -0.274. The minimum absolute atomic E-state index is 0.111. The number of halogens is 3. The van der Waals surface area contributed by atoms with Gasteiger partial charge in [-0.1, -0.05) is 12.1 Å². The maximum absolute atomic E-state index is 12.2. The highest BCUT2D eigenvalue weighted by atomic mass is 19.4. The van der Waals surface area contributed by atoms with Crippen molar-refractivity contribution in [3.8, 4) is 28.4 Å². The van der Waals surface area contributed by atoms with Gasteiger partial charge in [0.25, 0.3) is 0 Å². The summed E-state index contributed by atoms with van der Waals surface area (Å²) in [5.41, 5.74) is 2.27. The number of hydrogen-bond donors (Lipinski definition) is 3. The van der Waals surface area contributed by atoms with Crippen LogP contribution in [0.1, 0.15) is 0 Å². The smallest absolute Gasteiger partial charge is 0.447 e. The highest BCUT2D eigenvalue weighted by Crippen LogP contribution is 2.27. The number of H-pyrrole nitrogens is 1. The van der Waals surface area contributed by atoms with Crippen LogP contribution >= 0.6 is 0 Å². The molecule has 0 spiro atoms. The molecular weight excluding hydrogens is 391 g/mol. The number of benzene rings is 2. The molecule has 0 saturated carbocycles. The molecule has 152 valence electrons. The molecule has 3 N–H and O–H groups in total. The highest BCUT2D eigenvalue weighted by Gasteiger charge is 2.31. The minimum atomic E-state index is -4.75. The van der Waals surface area contributed by atoms with Gasteiger partial charge in [0.15, 0.2) is 0 Å². The fraction of sp³-hybridized carbons (Fsp3) is 0.158. The van der Waals surface area contributed by atoms with Crippen molar-refractivity contribution in [3.63, 3.8) is 0 Å². The summed E-state index contributed by atoms with van der Waals surface area (Å²) in [5.74, 6) is 0.187. The Kier molecular flexibility index (Phi) is 6.03. The predicted octanol–water partition coefficient (Wildman–Crippen LogP) is 4.18. The van der Waals surface area contributed by atoms with Crippen LogP contribution in [0.3, 0.4) is 0 Å². The number of nitrogens with one attached hydrogen (secondary N) is 2. The molecule has 0 radical (unpaired) electrons.